The largest absolute Gasteiger partial charge is 0.457 e. The summed E-state index contributed by atoms with van der Waals surface area (Å²) in [5, 5.41) is 0. The van der Waals surface area contributed by atoms with Gasteiger partial charge in [-0.3, -0.25) is 0 Å². The summed E-state index contributed by atoms with van der Waals surface area (Å²) in [4.78, 5) is 18.4. The second-order valence-electron chi connectivity index (χ2n) is 5.73. The van der Waals surface area contributed by atoms with E-state index in [1.54, 1.807) is 17.4 Å². The minimum atomic E-state index is -0.444. The standard InChI is InChI=1S/C21H15NO3S/c1-14-10-11-19(26-14)20-22-18(21(23)25-20)13-15-6-5-9-17(12-15)24-16-7-3-2-4-8-16/h2-13H,1H3. The van der Waals surface area contributed by atoms with E-state index in [2.05, 4.69) is 4.99 Å². The van der Waals surface area contributed by atoms with E-state index in [-0.39, 0.29) is 5.70 Å². The lowest BCUT2D eigenvalue weighted by Crippen LogP contribution is -2.03. The maximum Gasteiger partial charge on any atom is 0.363 e. The Balaban J connectivity index is 1.59. The van der Waals surface area contributed by atoms with Gasteiger partial charge in [-0.15, -0.1) is 11.3 Å². The molecule has 2 heterocycles. The van der Waals surface area contributed by atoms with Crippen LogP contribution >= 0.6 is 11.3 Å². The van der Waals surface area contributed by atoms with Crippen LogP contribution in [0.15, 0.2) is 77.4 Å². The summed E-state index contributed by atoms with van der Waals surface area (Å²) in [5.41, 5.74) is 1.10. The number of cyclic esters (lactones) is 1. The number of ether oxygens (including phenoxy) is 2. The average Bonchev–Trinajstić information content (AvgIpc) is 3.22. The molecule has 0 saturated carbocycles. The Morgan fingerprint density at radius 2 is 1.81 bits per heavy atom. The molecule has 128 valence electrons. The van der Waals surface area contributed by atoms with Crippen LogP contribution in [-0.2, 0) is 9.53 Å². The summed E-state index contributed by atoms with van der Waals surface area (Å²) in [6.07, 6.45) is 1.70. The Morgan fingerprint density at radius 1 is 1.00 bits per heavy atom. The lowest BCUT2D eigenvalue weighted by Gasteiger charge is -2.05. The van der Waals surface area contributed by atoms with Crippen LogP contribution in [0.4, 0.5) is 0 Å². The summed E-state index contributed by atoms with van der Waals surface area (Å²) in [5.74, 6) is 1.36. The molecular formula is C21H15NO3S. The molecule has 4 nitrogen and oxygen atoms in total. The number of esters is 1. The number of hydrogen-bond donors (Lipinski definition) is 0. The number of carbonyl (C=O) groups excluding carboxylic acids is 1. The molecule has 0 atom stereocenters. The summed E-state index contributed by atoms with van der Waals surface area (Å²) < 4.78 is 11.1. The number of aryl methyl sites for hydroxylation is 1. The predicted octanol–water partition coefficient (Wildman–Crippen LogP) is 5.19. The van der Waals surface area contributed by atoms with Gasteiger partial charge in [0.2, 0.25) is 5.90 Å². The number of para-hydroxylation sites is 1. The summed E-state index contributed by atoms with van der Waals surface area (Å²) in [7, 11) is 0. The van der Waals surface area contributed by atoms with Gasteiger partial charge in [-0.25, -0.2) is 9.79 Å². The Morgan fingerprint density at radius 3 is 2.58 bits per heavy atom. The van der Waals surface area contributed by atoms with E-state index in [0.29, 0.717) is 11.6 Å². The summed E-state index contributed by atoms with van der Waals surface area (Å²) in [6, 6.07) is 20.9. The fourth-order valence-electron chi connectivity index (χ4n) is 2.51. The van der Waals surface area contributed by atoms with Gasteiger partial charge < -0.3 is 9.47 Å². The lowest BCUT2D eigenvalue weighted by molar-refractivity contribution is -0.129. The number of aliphatic imine (C=N–C) groups is 1. The van der Waals surface area contributed by atoms with Crippen LogP contribution in [0.3, 0.4) is 0 Å². The monoisotopic (exact) mass is 361 g/mol. The van der Waals surface area contributed by atoms with E-state index in [1.807, 2.05) is 73.7 Å². The Labute approximate surface area is 155 Å². The number of rotatable bonds is 4. The molecule has 5 heteroatoms. The van der Waals surface area contributed by atoms with Crippen LogP contribution in [0.2, 0.25) is 0 Å². The molecule has 0 fully saturated rings. The van der Waals surface area contributed by atoms with Crippen molar-refractivity contribution in [2.75, 3.05) is 0 Å². The Bertz CT molecular complexity index is 1020. The highest BCUT2D eigenvalue weighted by Crippen LogP contribution is 2.26. The minimum Gasteiger partial charge on any atom is -0.457 e. The van der Waals surface area contributed by atoms with Crippen molar-refractivity contribution in [1.82, 2.24) is 0 Å². The van der Waals surface area contributed by atoms with Crippen molar-refractivity contribution in [2.24, 2.45) is 4.99 Å². The van der Waals surface area contributed by atoms with E-state index in [9.17, 15) is 4.79 Å². The molecule has 0 saturated heterocycles. The van der Waals surface area contributed by atoms with Crippen molar-refractivity contribution in [3.05, 3.63) is 87.7 Å². The van der Waals surface area contributed by atoms with Crippen LogP contribution in [0.1, 0.15) is 15.3 Å². The van der Waals surface area contributed by atoms with Gasteiger partial charge in [0.05, 0.1) is 4.88 Å². The van der Waals surface area contributed by atoms with Crippen molar-refractivity contribution in [3.63, 3.8) is 0 Å². The molecule has 4 rings (SSSR count). The molecule has 0 amide bonds. The fraction of sp³-hybridized carbons (Fsp3) is 0.0476. The Hall–Kier alpha value is -3.18. The fourth-order valence-corrected chi connectivity index (χ4v) is 3.31. The molecule has 1 aliphatic heterocycles. The normalized spacial score (nSPS) is 15.0. The SMILES string of the molecule is Cc1ccc(C2=NC(=Cc3cccc(Oc4ccccc4)c3)C(=O)O2)s1. The second kappa shape index (κ2) is 6.98. The maximum atomic E-state index is 12.1. The number of thiophene rings is 1. The minimum absolute atomic E-state index is 0.280. The number of benzene rings is 2. The van der Waals surface area contributed by atoms with Crippen molar-refractivity contribution in [3.8, 4) is 11.5 Å². The maximum absolute atomic E-state index is 12.1. The molecule has 3 aromatic rings. The van der Waals surface area contributed by atoms with Gasteiger partial charge >= 0.3 is 5.97 Å². The van der Waals surface area contributed by atoms with Gasteiger partial charge in [0.15, 0.2) is 5.70 Å². The zero-order valence-corrected chi connectivity index (χ0v) is 14.8. The van der Waals surface area contributed by atoms with Gasteiger partial charge in [0, 0.05) is 4.88 Å². The Kier molecular flexibility index (Phi) is 4.37. The number of nitrogens with zero attached hydrogens (tertiary/aromatic N) is 1. The van der Waals surface area contributed by atoms with Crippen LogP contribution in [0, 0.1) is 6.92 Å². The molecular weight excluding hydrogens is 346 g/mol. The third-order valence-corrected chi connectivity index (χ3v) is 4.70. The molecule has 0 unspecified atom stereocenters. The van der Waals surface area contributed by atoms with Crippen molar-refractivity contribution < 1.29 is 14.3 Å². The highest BCUT2D eigenvalue weighted by atomic mass is 32.1. The molecule has 0 aliphatic carbocycles. The zero-order chi connectivity index (χ0) is 17.9. The van der Waals surface area contributed by atoms with Gasteiger partial charge in [0.1, 0.15) is 11.5 Å². The molecule has 0 radical (unpaired) electrons. The molecule has 1 aliphatic rings. The van der Waals surface area contributed by atoms with E-state index < -0.39 is 5.97 Å². The average molecular weight is 361 g/mol. The van der Waals surface area contributed by atoms with E-state index in [1.165, 1.54) is 0 Å². The van der Waals surface area contributed by atoms with E-state index >= 15 is 0 Å². The highest BCUT2D eigenvalue weighted by molar-refractivity contribution is 7.14. The number of carbonyl (C=O) groups is 1. The first-order chi connectivity index (χ1) is 12.7. The van der Waals surface area contributed by atoms with E-state index in [0.717, 1.165) is 21.1 Å². The molecule has 1 aromatic heterocycles. The van der Waals surface area contributed by atoms with Gasteiger partial charge in [0.25, 0.3) is 0 Å². The van der Waals surface area contributed by atoms with E-state index in [4.69, 9.17) is 9.47 Å². The van der Waals surface area contributed by atoms with Crippen molar-refractivity contribution in [1.29, 1.82) is 0 Å². The van der Waals surface area contributed by atoms with Crippen molar-refractivity contribution >= 4 is 29.3 Å². The van der Waals surface area contributed by atoms with Crippen LogP contribution in [-0.4, -0.2) is 11.9 Å². The van der Waals surface area contributed by atoms with Gasteiger partial charge in [-0.2, -0.15) is 0 Å². The predicted molar refractivity (Wildman–Crippen MR) is 103 cm³/mol. The topological polar surface area (TPSA) is 47.9 Å². The van der Waals surface area contributed by atoms with Crippen LogP contribution in [0.25, 0.3) is 6.08 Å². The third kappa shape index (κ3) is 3.58. The second-order valence-corrected chi connectivity index (χ2v) is 7.02. The molecule has 0 spiro atoms. The zero-order valence-electron chi connectivity index (χ0n) is 14.0. The molecule has 0 N–H and O–H groups in total. The van der Waals surface area contributed by atoms with Crippen molar-refractivity contribution in [2.45, 2.75) is 6.92 Å². The first-order valence-corrected chi connectivity index (χ1v) is 8.91. The quantitative estimate of drug-likeness (QED) is 0.474. The first-order valence-electron chi connectivity index (χ1n) is 8.10. The van der Waals surface area contributed by atoms with Gasteiger partial charge in [-0.1, -0.05) is 30.3 Å². The summed E-state index contributed by atoms with van der Waals surface area (Å²) in [6.45, 7) is 2.00. The summed E-state index contributed by atoms with van der Waals surface area (Å²) >= 11 is 1.54. The first kappa shape index (κ1) is 16.3. The smallest absolute Gasteiger partial charge is 0.363 e. The lowest BCUT2D eigenvalue weighted by atomic mass is 10.2. The highest BCUT2D eigenvalue weighted by Gasteiger charge is 2.25. The van der Waals surface area contributed by atoms with Crippen LogP contribution < -0.4 is 4.74 Å². The van der Waals surface area contributed by atoms with Gasteiger partial charge in [-0.05, 0) is 55.0 Å². The molecule has 0 bridgehead atoms. The number of hydrogen-bond acceptors (Lipinski definition) is 5. The third-order valence-electron chi connectivity index (χ3n) is 3.71. The van der Waals surface area contributed by atoms with Crippen LogP contribution in [0.5, 0.6) is 11.5 Å². The molecule has 2 aromatic carbocycles. The molecule has 26 heavy (non-hydrogen) atoms.